The maximum atomic E-state index is 12.3. The van der Waals surface area contributed by atoms with Crippen molar-refractivity contribution in [1.29, 1.82) is 0 Å². The first-order chi connectivity index (χ1) is 12.9. The molecule has 0 saturated heterocycles. The Kier molecular flexibility index (Phi) is 4.38. The first kappa shape index (κ1) is 17.6. The Morgan fingerprint density at radius 2 is 2.11 bits per heavy atom. The number of H-pyrrole nitrogens is 1. The van der Waals surface area contributed by atoms with Crippen molar-refractivity contribution in [2.75, 3.05) is 0 Å². The highest BCUT2D eigenvalue weighted by atomic mass is 35.5. The molecule has 0 atom stereocenters. The topological polar surface area (TPSA) is 125 Å². The summed E-state index contributed by atoms with van der Waals surface area (Å²) in [5.41, 5.74) is 0.110. The molecule has 0 amide bonds. The van der Waals surface area contributed by atoms with E-state index >= 15 is 0 Å². The first-order valence-corrected chi connectivity index (χ1v) is 8.97. The smallest absolute Gasteiger partial charge is 0.310 e. The third-order valence-electron chi connectivity index (χ3n) is 3.75. The van der Waals surface area contributed by atoms with Crippen molar-refractivity contribution in [1.82, 2.24) is 14.8 Å². The highest BCUT2D eigenvalue weighted by Gasteiger charge is 2.16. The van der Waals surface area contributed by atoms with Crippen LogP contribution < -0.4 is 20.9 Å². The second-order valence-corrected chi connectivity index (χ2v) is 7.19. The van der Waals surface area contributed by atoms with Gasteiger partial charge in [-0.05, 0) is 28.7 Å². The lowest BCUT2D eigenvalue weighted by Crippen LogP contribution is -2.18. The van der Waals surface area contributed by atoms with Crippen LogP contribution in [0.5, 0.6) is 5.88 Å². The molecule has 3 heterocycles. The largest absolute Gasteiger partial charge is 0.493 e. The number of aromatic hydroxyl groups is 1. The van der Waals surface area contributed by atoms with E-state index < -0.39 is 10.3 Å². The van der Waals surface area contributed by atoms with Gasteiger partial charge in [-0.25, -0.2) is 0 Å². The van der Waals surface area contributed by atoms with Crippen LogP contribution in [0.4, 0.5) is 5.69 Å². The van der Waals surface area contributed by atoms with E-state index in [0.717, 1.165) is 15.9 Å². The predicted octanol–water partition coefficient (Wildman–Crippen LogP) is 1.51. The lowest BCUT2D eigenvalue weighted by molar-refractivity contribution is 0.419. The maximum Gasteiger partial charge on any atom is 0.310 e. The molecule has 0 bridgehead atoms. The van der Waals surface area contributed by atoms with Crippen LogP contribution in [0.15, 0.2) is 43.2 Å². The molecule has 3 aromatic rings. The van der Waals surface area contributed by atoms with E-state index in [2.05, 4.69) is 25.6 Å². The fraction of sp³-hybridized carbons (Fsp3) is 0.0667. The van der Waals surface area contributed by atoms with Gasteiger partial charge in [0.25, 0.3) is 0 Å². The highest BCUT2D eigenvalue weighted by Crippen LogP contribution is 2.22. The van der Waals surface area contributed by atoms with Gasteiger partial charge in [-0.2, -0.15) is 5.10 Å². The second kappa shape index (κ2) is 6.72. The lowest BCUT2D eigenvalue weighted by atomic mass is 10.2. The van der Waals surface area contributed by atoms with Crippen LogP contribution in [-0.2, 0) is 6.54 Å². The molecule has 0 saturated carbocycles. The van der Waals surface area contributed by atoms with Gasteiger partial charge < -0.3 is 5.11 Å². The predicted molar refractivity (Wildman–Crippen MR) is 99.5 cm³/mol. The van der Waals surface area contributed by atoms with Crippen LogP contribution in [0.3, 0.4) is 0 Å². The van der Waals surface area contributed by atoms with E-state index in [4.69, 9.17) is 23.2 Å². The number of halogens is 2. The number of fused-ring (bicyclic) bond motifs is 1. The Balaban J connectivity index is 1.75. The van der Waals surface area contributed by atoms with Crippen LogP contribution in [0, 0.1) is 0 Å². The molecular formula is C15H8Cl2N6O3S. The first-order valence-electron chi connectivity index (χ1n) is 7.39. The SMILES string of the molecule is O=c1c(Cl)n[nH]c(Cn2c(O)c(/C=c3\ccc4c(c3)N=NN=4)sc2=O)c1Cl. The molecule has 27 heavy (non-hydrogen) atoms. The molecule has 136 valence electrons. The Morgan fingerprint density at radius 1 is 1.30 bits per heavy atom. The minimum absolute atomic E-state index is 0.160. The van der Waals surface area contributed by atoms with Crippen LogP contribution in [0.1, 0.15) is 10.6 Å². The van der Waals surface area contributed by atoms with Gasteiger partial charge in [0.2, 0.25) is 11.3 Å². The third-order valence-corrected chi connectivity index (χ3v) is 5.32. The standard InChI is InChI=1S/C15H8Cl2N6O3S/c16-11-9(18-21-13(17)12(11)24)5-23-14(25)10(27-15(23)26)4-6-1-2-7-8(3-6)20-22-19-7/h1-4,25H,5H2,(H,18,24)/b6-4+. The van der Waals surface area contributed by atoms with E-state index in [-0.39, 0.29) is 28.3 Å². The fourth-order valence-corrected chi connectivity index (χ4v) is 3.64. The summed E-state index contributed by atoms with van der Waals surface area (Å²) in [5, 5.41) is 28.7. The Morgan fingerprint density at radius 3 is 2.93 bits per heavy atom. The third kappa shape index (κ3) is 3.18. The van der Waals surface area contributed by atoms with Gasteiger partial charge in [-0.1, -0.05) is 40.6 Å². The number of aromatic nitrogens is 3. The van der Waals surface area contributed by atoms with E-state index in [1.807, 2.05) is 0 Å². The molecule has 0 fully saturated rings. The zero-order valence-corrected chi connectivity index (χ0v) is 15.5. The monoisotopic (exact) mass is 422 g/mol. The van der Waals surface area contributed by atoms with Gasteiger partial charge in [0.1, 0.15) is 16.1 Å². The summed E-state index contributed by atoms with van der Waals surface area (Å²) in [7, 11) is 0. The molecule has 0 spiro atoms. The summed E-state index contributed by atoms with van der Waals surface area (Å²) in [4.78, 5) is 24.0. The molecule has 12 heteroatoms. The molecule has 1 aliphatic rings. The number of thiazole rings is 1. The quantitative estimate of drug-likeness (QED) is 0.663. The van der Waals surface area contributed by atoms with Crippen molar-refractivity contribution in [2.45, 2.75) is 6.54 Å². The highest BCUT2D eigenvalue weighted by molar-refractivity contribution is 7.10. The lowest BCUT2D eigenvalue weighted by Gasteiger charge is -2.05. The summed E-state index contributed by atoms with van der Waals surface area (Å²) >= 11 is 12.4. The minimum Gasteiger partial charge on any atom is -0.493 e. The Bertz CT molecular complexity index is 1340. The summed E-state index contributed by atoms with van der Waals surface area (Å²) in [6, 6.07) is 5.24. The van der Waals surface area contributed by atoms with Crippen molar-refractivity contribution in [3.05, 3.63) is 69.4 Å². The fourth-order valence-electron chi connectivity index (χ4n) is 2.42. The number of hydrogen-bond donors (Lipinski definition) is 2. The number of aromatic amines is 1. The van der Waals surface area contributed by atoms with Gasteiger partial charge in [0.05, 0.1) is 17.1 Å². The Labute approximate surface area is 163 Å². The van der Waals surface area contributed by atoms with E-state index in [0.29, 0.717) is 21.1 Å². The molecular weight excluding hydrogens is 415 g/mol. The van der Waals surface area contributed by atoms with E-state index in [1.54, 1.807) is 24.3 Å². The molecule has 4 rings (SSSR count). The van der Waals surface area contributed by atoms with Crippen LogP contribution in [-0.4, -0.2) is 19.9 Å². The van der Waals surface area contributed by atoms with Crippen molar-refractivity contribution in [3.8, 4) is 5.88 Å². The molecule has 0 aliphatic carbocycles. The molecule has 1 aromatic carbocycles. The molecule has 1 aliphatic heterocycles. The van der Waals surface area contributed by atoms with Crippen LogP contribution in [0.2, 0.25) is 10.2 Å². The van der Waals surface area contributed by atoms with Gasteiger partial charge >= 0.3 is 4.87 Å². The minimum atomic E-state index is -0.653. The average molecular weight is 423 g/mol. The van der Waals surface area contributed by atoms with Crippen molar-refractivity contribution < 1.29 is 5.11 Å². The van der Waals surface area contributed by atoms with Gasteiger partial charge in [-0.3, -0.25) is 19.3 Å². The molecule has 2 N–H and O–H groups in total. The van der Waals surface area contributed by atoms with Gasteiger partial charge in [0.15, 0.2) is 5.15 Å². The number of hydrogen-bond acceptors (Lipinski definition) is 8. The van der Waals surface area contributed by atoms with Crippen LogP contribution in [0.25, 0.3) is 6.08 Å². The second-order valence-electron chi connectivity index (χ2n) is 5.46. The zero-order chi connectivity index (χ0) is 19.1. The molecule has 0 radical (unpaired) electrons. The maximum absolute atomic E-state index is 12.3. The van der Waals surface area contributed by atoms with Gasteiger partial charge in [0, 0.05) is 0 Å². The number of benzene rings is 1. The zero-order valence-electron chi connectivity index (χ0n) is 13.2. The molecule has 9 nitrogen and oxygen atoms in total. The van der Waals surface area contributed by atoms with Crippen molar-refractivity contribution in [3.63, 3.8) is 0 Å². The van der Waals surface area contributed by atoms with Crippen molar-refractivity contribution >= 4 is 46.3 Å². The summed E-state index contributed by atoms with van der Waals surface area (Å²) in [6.07, 6.45) is 1.64. The van der Waals surface area contributed by atoms with E-state index in [9.17, 15) is 14.7 Å². The number of nitrogens with zero attached hydrogens (tertiary/aromatic N) is 5. The number of rotatable bonds is 3. The summed E-state index contributed by atoms with van der Waals surface area (Å²) < 4.78 is 1.08. The number of nitrogens with one attached hydrogen (secondary N) is 1. The van der Waals surface area contributed by atoms with E-state index in [1.165, 1.54) is 0 Å². The summed E-state index contributed by atoms with van der Waals surface area (Å²) in [6.45, 7) is -0.162. The van der Waals surface area contributed by atoms with Gasteiger partial charge in [-0.15, -0.1) is 10.2 Å². The molecule has 0 unspecified atom stereocenters. The summed E-state index contributed by atoms with van der Waals surface area (Å²) in [5.74, 6) is -0.260. The van der Waals surface area contributed by atoms with Crippen molar-refractivity contribution in [2.24, 2.45) is 15.4 Å². The Hall–Kier alpha value is -2.82. The van der Waals surface area contributed by atoms with Crippen LogP contribution >= 0.6 is 34.5 Å². The normalized spacial score (nSPS) is 13.0. The molecule has 2 aromatic heterocycles. The average Bonchev–Trinajstić information content (AvgIpc) is 3.21.